The minimum Gasteiger partial charge on any atom is -0.463 e. The molecule has 0 amide bonds. The van der Waals surface area contributed by atoms with E-state index in [-0.39, 0.29) is 0 Å². The van der Waals surface area contributed by atoms with Crippen LogP contribution in [-0.4, -0.2) is 10.2 Å². The van der Waals surface area contributed by atoms with E-state index in [0.29, 0.717) is 12.5 Å². The number of aromatic nitrogens is 2. The van der Waals surface area contributed by atoms with Gasteiger partial charge < -0.3 is 10.2 Å². The van der Waals surface area contributed by atoms with Gasteiger partial charge in [-0.2, -0.15) is 5.10 Å². The molecule has 4 nitrogen and oxygen atoms in total. The van der Waals surface area contributed by atoms with Crippen molar-refractivity contribution in [3.63, 3.8) is 0 Å². The van der Waals surface area contributed by atoms with Gasteiger partial charge in [0.05, 0.1) is 6.26 Å². The standard InChI is InChI=1S/C13H17N3O/c14-8-10-12(9-4-1-2-5-9)15-16-13(10)11-6-3-7-17-11/h3,6-7,9H,1-2,4-5,8,14H2,(H,15,16). The molecule has 4 heteroatoms. The lowest BCUT2D eigenvalue weighted by Gasteiger charge is -2.08. The highest BCUT2D eigenvalue weighted by atomic mass is 16.3. The van der Waals surface area contributed by atoms with E-state index in [9.17, 15) is 0 Å². The van der Waals surface area contributed by atoms with Gasteiger partial charge in [-0.3, -0.25) is 5.10 Å². The van der Waals surface area contributed by atoms with Crippen LogP contribution in [0, 0.1) is 0 Å². The van der Waals surface area contributed by atoms with Gasteiger partial charge in [0.1, 0.15) is 5.69 Å². The van der Waals surface area contributed by atoms with Crippen LogP contribution in [-0.2, 0) is 6.54 Å². The number of aromatic amines is 1. The number of nitrogens with zero attached hydrogens (tertiary/aromatic N) is 1. The summed E-state index contributed by atoms with van der Waals surface area (Å²) in [6.45, 7) is 0.512. The number of rotatable bonds is 3. The van der Waals surface area contributed by atoms with Gasteiger partial charge in [0.15, 0.2) is 5.76 Å². The molecule has 3 rings (SSSR count). The predicted octanol–water partition coefficient (Wildman–Crippen LogP) is 2.79. The summed E-state index contributed by atoms with van der Waals surface area (Å²) >= 11 is 0. The molecule has 1 aliphatic rings. The summed E-state index contributed by atoms with van der Waals surface area (Å²) < 4.78 is 5.40. The van der Waals surface area contributed by atoms with Gasteiger partial charge in [-0.25, -0.2) is 0 Å². The van der Waals surface area contributed by atoms with Crippen LogP contribution in [0.15, 0.2) is 22.8 Å². The Hall–Kier alpha value is -1.55. The molecular formula is C13H17N3O. The molecule has 1 saturated carbocycles. The number of hydrogen-bond donors (Lipinski definition) is 2. The Morgan fingerprint density at radius 1 is 1.41 bits per heavy atom. The van der Waals surface area contributed by atoms with E-state index < -0.39 is 0 Å². The quantitative estimate of drug-likeness (QED) is 0.853. The van der Waals surface area contributed by atoms with Gasteiger partial charge >= 0.3 is 0 Å². The summed E-state index contributed by atoms with van der Waals surface area (Å²) in [5.74, 6) is 1.40. The molecule has 17 heavy (non-hydrogen) atoms. The lowest BCUT2D eigenvalue weighted by Crippen LogP contribution is -2.03. The summed E-state index contributed by atoms with van der Waals surface area (Å²) in [7, 11) is 0. The Morgan fingerprint density at radius 2 is 2.24 bits per heavy atom. The first kappa shape index (κ1) is 10.6. The number of furan rings is 1. The smallest absolute Gasteiger partial charge is 0.154 e. The van der Waals surface area contributed by atoms with Gasteiger partial charge in [0.2, 0.25) is 0 Å². The van der Waals surface area contributed by atoms with E-state index >= 15 is 0 Å². The molecule has 0 atom stereocenters. The van der Waals surface area contributed by atoms with Gasteiger partial charge in [-0.05, 0) is 25.0 Å². The first-order chi connectivity index (χ1) is 8.40. The first-order valence-corrected chi connectivity index (χ1v) is 6.21. The van der Waals surface area contributed by atoms with Crippen molar-refractivity contribution in [2.24, 2.45) is 5.73 Å². The zero-order valence-electron chi connectivity index (χ0n) is 9.78. The second kappa shape index (κ2) is 4.37. The third-order valence-corrected chi connectivity index (χ3v) is 3.62. The summed E-state index contributed by atoms with van der Waals surface area (Å²) in [6.07, 6.45) is 6.77. The third-order valence-electron chi connectivity index (χ3n) is 3.62. The number of H-pyrrole nitrogens is 1. The molecule has 0 spiro atoms. The first-order valence-electron chi connectivity index (χ1n) is 6.21. The fourth-order valence-electron chi connectivity index (χ4n) is 2.75. The summed E-state index contributed by atoms with van der Waals surface area (Å²) in [5, 5.41) is 7.54. The lowest BCUT2D eigenvalue weighted by molar-refractivity contribution is 0.579. The SMILES string of the molecule is NCc1c(-c2ccco2)n[nH]c1C1CCCC1. The number of hydrogen-bond acceptors (Lipinski definition) is 3. The Bertz CT molecular complexity index is 481. The Kier molecular flexibility index (Phi) is 2.73. The van der Waals surface area contributed by atoms with Gasteiger partial charge in [0, 0.05) is 23.7 Å². The molecule has 0 unspecified atom stereocenters. The van der Waals surface area contributed by atoms with E-state index in [2.05, 4.69) is 10.2 Å². The Labute approximate surface area is 100 Å². The molecule has 0 radical (unpaired) electrons. The van der Waals surface area contributed by atoms with Crippen molar-refractivity contribution in [3.8, 4) is 11.5 Å². The molecule has 1 fully saturated rings. The maximum absolute atomic E-state index is 5.87. The lowest BCUT2D eigenvalue weighted by atomic mass is 9.98. The van der Waals surface area contributed by atoms with Gasteiger partial charge in [0.25, 0.3) is 0 Å². The summed E-state index contributed by atoms with van der Waals surface area (Å²) in [4.78, 5) is 0. The molecule has 2 aromatic rings. The van der Waals surface area contributed by atoms with Crippen LogP contribution in [0.25, 0.3) is 11.5 Å². The minimum absolute atomic E-state index is 0.512. The van der Waals surface area contributed by atoms with Crippen molar-refractivity contribution >= 4 is 0 Å². The number of nitrogens with two attached hydrogens (primary N) is 1. The highest BCUT2D eigenvalue weighted by Gasteiger charge is 2.24. The topological polar surface area (TPSA) is 67.8 Å². The van der Waals surface area contributed by atoms with Crippen molar-refractivity contribution in [3.05, 3.63) is 29.7 Å². The minimum atomic E-state index is 0.512. The van der Waals surface area contributed by atoms with Crippen LogP contribution in [0.4, 0.5) is 0 Å². The highest BCUT2D eigenvalue weighted by molar-refractivity contribution is 5.58. The average Bonchev–Trinajstić information content (AvgIpc) is 3.09. The van der Waals surface area contributed by atoms with Crippen LogP contribution in [0.2, 0.25) is 0 Å². The normalized spacial score (nSPS) is 16.8. The fourth-order valence-corrected chi connectivity index (χ4v) is 2.75. The molecular weight excluding hydrogens is 214 g/mol. The monoisotopic (exact) mass is 231 g/mol. The predicted molar refractivity (Wildman–Crippen MR) is 65.4 cm³/mol. The van der Waals surface area contributed by atoms with Crippen LogP contribution in [0.3, 0.4) is 0 Å². The van der Waals surface area contributed by atoms with Crippen LogP contribution in [0.1, 0.15) is 42.9 Å². The van der Waals surface area contributed by atoms with Crippen molar-refractivity contribution in [1.29, 1.82) is 0 Å². The Morgan fingerprint density at radius 3 is 2.88 bits per heavy atom. The second-order valence-corrected chi connectivity index (χ2v) is 4.63. The molecule has 0 saturated heterocycles. The molecule has 90 valence electrons. The Balaban J connectivity index is 2.00. The van der Waals surface area contributed by atoms with E-state index in [0.717, 1.165) is 17.0 Å². The van der Waals surface area contributed by atoms with Gasteiger partial charge in [-0.15, -0.1) is 0 Å². The van der Waals surface area contributed by atoms with Crippen molar-refractivity contribution < 1.29 is 4.42 Å². The van der Waals surface area contributed by atoms with Crippen LogP contribution in [0.5, 0.6) is 0 Å². The van der Waals surface area contributed by atoms with E-state index in [4.69, 9.17) is 10.2 Å². The van der Waals surface area contributed by atoms with E-state index in [1.807, 2.05) is 12.1 Å². The average molecular weight is 231 g/mol. The molecule has 1 aliphatic carbocycles. The van der Waals surface area contributed by atoms with Gasteiger partial charge in [-0.1, -0.05) is 12.8 Å². The van der Waals surface area contributed by atoms with Crippen molar-refractivity contribution in [2.45, 2.75) is 38.1 Å². The largest absolute Gasteiger partial charge is 0.463 e. The second-order valence-electron chi connectivity index (χ2n) is 4.63. The van der Waals surface area contributed by atoms with E-state index in [1.165, 1.54) is 31.4 Å². The molecule has 2 heterocycles. The summed E-state index contributed by atoms with van der Waals surface area (Å²) in [5.41, 5.74) is 9.08. The van der Waals surface area contributed by atoms with E-state index in [1.54, 1.807) is 6.26 Å². The zero-order chi connectivity index (χ0) is 11.7. The van der Waals surface area contributed by atoms with Crippen molar-refractivity contribution in [2.75, 3.05) is 0 Å². The molecule has 3 N–H and O–H groups in total. The highest BCUT2D eigenvalue weighted by Crippen LogP contribution is 2.37. The maximum Gasteiger partial charge on any atom is 0.154 e. The van der Waals surface area contributed by atoms with Crippen LogP contribution < -0.4 is 5.73 Å². The zero-order valence-corrected chi connectivity index (χ0v) is 9.78. The third kappa shape index (κ3) is 1.78. The molecule has 0 aliphatic heterocycles. The van der Waals surface area contributed by atoms with Crippen molar-refractivity contribution in [1.82, 2.24) is 10.2 Å². The fraction of sp³-hybridized carbons (Fsp3) is 0.462. The number of nitrogens with one attached hydrogen (secondary N) is 1. The molecule has 2 aromatic heterocycles. The molecule has 0 aromatic carbocycles. The van der Waals surface area contributed by atoms with Crippen LogP contribution >= 0.6 is 0 Å². The molecule has 0 bridgehead atoms. The maximum atomic E-state index is 5.87. The summed E-state index contributed by atoms with van der Waals surface area (Å²) in [6, 6.07) is 3.80.